The van der Waals surface area contributed by atoms with Crippen LogP contribution in [0.25, 0.3) is 0 Å². The molecule has 0 saturated heterocycles. The maximum Gasteiger partial charge on any atom is 0.306 e. The topological polar surface area (TPSA) is 97.1 Å². The number of fused-ring (bicyclic) bond motifs is 1. The van der Waals surface area contributed by atoms with Crippen LogP contribution in [-0.4, -0.2) is 24.3 Å². The van der Waals surface area contributed by atoms with Crippen LogP contribution < -0.4 is 9.47 Å². The summed E-state index contributed by atoms with van der Waals surface area (Å²) in [6.07, 6.45) is 0.631. The summed E-state index contributed by atoms with van der Waals surface area (Å²) in [5, 5.41) is 11.8. The van der Waals surface area contributed by atoms with Crippen molar-refractivity contribution in [2.24, 2.45) is 0 Å². The number of nitro groups is 1. The summed E-state index contributed by atoms with van der Waals surface area (Å²) < 4.78 is 21.4. The third kappa shape index (κ3) is 5.58. The number of rotatable bonds is 8. The van der Waals surface area contributed by atoms with E-state index in [0.29, 0.717) is 40.7 Å². The van der Waals surface area contributed by atoms with Crippen LogP contribution in [0.5, 0.6) is 11.5 Å². The molecule has 0 aliphatic carbocycles. The Balaban J connectivity index is 1.49. The smallest absolute Gasteiger partial charge is 0.306 e. The number of hydrogen-bond acceptors (Lipinski definition) is 7. The molecule has 0 aromatic heterocycles. The van der Waals surface area contributed by atoms with E-state index in [2.05, 4.69) is 0 Å². The van der Waals surface area contributed by atoms with Crippen molar-refractivity contribution in [3.8, 4) is 11.5 Å². The minimum atomic E-state index is -0.504. The number of nitrogens with zero attached hydrogens (tertiary/aromatic N) is 1. The van der Waals surface area contributed by atoms with E-state index in [0.717, 1.165) is 5.56 Å². The molecule has 154 valence electrons. The van der Waals surface area contributed by atoms with Crippen LogP contribution in [0.2, 0.25) is 5.02 Å². The molecule has 1 aliphatic rings. The summed E-state index contributed by atoms with van der Waals surface area (Å²) in [6.45, 7) is 2.38. The number of non-ortho nitro benzene ring substituents is 1. The fourth-order valence-corrected chi connectivity index (χ4v) is 2.95. The minimum absolute atomic E-state index is 0.0489. The van der Waals surface area contributed by atoms with Gasteiger partial charge in [-0.3, -0.25) is 14.9 Å². The van der Waals surface area contributed by atoms with Gasteiger partial charge in [-0.2, -0.15) is 0 Å². The van der Waals surface area contributed by atoms with Crippen molar-refractivity contribution >= 4 is 23.3 Å². The number of aryl methyl sites for hydroxylation is 1. The molecule has 0 spiro atoms. The second-order valence-electron chi connectivity index (χ2n) is 6.48. The predicted octanol–water partition coefficient (Wildman–Crippen LogP) is 4.33. The average Bonchev–Trinajstić information content (AvgIpc) is 2.71. The molecule has 0 amide bonds. The molecule has 0 fully saturated rings. The van der Waals surface area contributed by atoms with E-state index in [9.17, 15) is 14.9 Å². The van der Waals surface area contributed by atoms with Crippen molar-refractivity contribution < 1.29 is 28.7 Å². The number of halogens is 1. The van der Waals surface area contributed by atoms with Gasteiger partial charge in [-0.1, -0.05) is 11.6 Å². The van der Waals surface area contributed by atoms with Gasteiger partial charge in [0.15, 0.2) is 6.79 Å². The standard InChI is InChI=1S/C20H20ClNO7/c1-13-7-17(4-5-18(13)21)27-6-2-3-19(23)28-11-15-9-16(22(24)25)8-14-10-26-12-29-20(14)15/h4-5,7-9H,2-3,6,10-12H2,1H3. The first-order valence-corrected chi connectivity index (χ1v) is 9.37. The van der Waals surface area contributed by atoms with Crippen molar-refractivity contribution in [2.45, 2.75) is 33.0 Å². The maximum atomic E-state index is 12.0. The monoisotopic (exact) mass is 421 g/mol. The van der Waals surface area contributed by atoms with Gasteiger partial charge in [0.05, 0.1) is 18.1 Å². The van der Waals surface area contributed by atoms with Crippen molar-refractivity contribution in [3.05, 3.63) is 62.2 Å². The van der Waals surface area contributed by atoms with Crippen molar-refractivity contribution in [1.29, 1.82) is 0 Å². The van der Waals surface area contributed by atoms with E-state index in [1.54, 1.807) is 12.1 Å². The van der Waals surface area contributed by atoms with E-state index in [1.165, 1.54) is 12.1 Å². The molecular weight excluding hydrogens is 402 g/mol. The third-order valence-electron chi connectivity index (χ3n) is 4.29. The number of hydrogen-bond donors (Lipinski definition) is 0. The van der Waals surface area contributed by atoms with Gasteiger partial charge in [0.2, 0.25) is 0 Å². The van der Waals surface area contributed by atoms with Gasteiger partial charge >= 0.3 is 5.97 Å². The number of carbonyl (C=O) groups excluding carboxylic acids is 1. The molecule has 1 aliphatic heterocycles. The van der Waals surface area contributed by atoms with Crippen LogP contribution in [0.3, 0.4) is 0 Å². The molecule has 0 saturated carbocycles. The van der Waals surface area contributed by atoms with Gasteiger partial charge in [0, 0.05) is 34.7 Å². The molecule has 3 rings (SSSR count). The lowest BCUT2D eigenvalue weighted by molar-refractivity contribution is -0.385. The van der Waals surface area contributed by atoms with Gasteiger partial charge in [-0.15, -0.1) is 0 Å². The first kappa shape index (κ1) is 20.9. The Labute approximate surface area is 172 Å². The molecule has 8 nitrogen and oxygen atoms in total. The highest BCUT2D eigenvalue weighted by Crippen LogP contribution is 2.33. The first-order chi connectivity index (χ1) is 13.9. The highest BCUT2D eigenvalue weighted by molar-refractivity contribution is 6.31. The van der Waals surface area contributed by atoms with E-state index < -0.39 is 10.9 Å². The largest absolute Gasteiger partial charge is 0.494 e. The molecule has 0 bridgehead atoms. The van der Waals surface area contributed by atoms with Crippen molar-refractivity contribution in [3.63, 3.8) is 0 Å². The summed E-state index contributed by atoms with van der Waals surface area (Å²) in [6, 6.07) is 8.10. The van der Waals surface area contributed by atoms with Crippen molar-refractivity contribution in [1.82, 2.24) is 0 Å². The molecule has 2 aromatic rings. The second-order valence-corrected chi connectivity index (χ2v) is 6.89. The highest BCUT2D eigenvalue weighted by Gasteiger charge is 2.21. The minimum Gasteiger partial charge on any atom is -0.494 e. The number of nitro benzene ring substituents is 1. The van der Waals surface area contributed by atoms with Crippen LogP contribution in [0.1, 0.15) is 29.5 Å². The summed E-state index contributed by atoms with van der Waals surface area (Å²) in [7, 11) is 0. The zero-order valence-corrected chi connectivity index (χ0v) is 16.6. The fraction of sp³-hybridized carbons (Fsp3) is 0.350. The lowest BCUT2D eigenvalue weighted by Gasteiger charge is -2.20. The Hall–Kier alpha value is -2.84. The molecule has 0 N–H and O–H groups in total. The molecule has 0 radical (unpaired) electrons. The van der Waals surface area contributed by atoms with Gasteiger partial charge in [0.1, 0.15) is 18.1 Å². The molecule has 9 heteroatoms. The van der Waals surface area contributed by atoms with Crippen LogP contribution in [0.4, 0.5) is 5.69 Å². The quantitative estimate of drug-likeness (QED) is 0.271. The number of benzene rings is 2. The zero-order chi connectivity index (χ0) is 20.8. The predicted molar refractivity (Wildman–Crippen MR) is 104 cm³/mol. The first-order valence-electron chi connectivity index (χ1n) is 8.99. The zero-order valence-electron chi connectivity index (χ0n) is 15.8. The van der Waals surface area contributed by atoms with Gasteiger partial charge in [0.25, 0.3) is 5.69 Å². The van der Waals surface area contributed by atoms with E-state index in [-0.39, 0.29) is 32.1 Å². The SMILES string of the molecule is Cc1cc(OCCCC(=O)OCc2cc([N+](=O)[O-])cc3c2OCOC3)ccc1Cl. The Kier molecular flexibility index (Phi) is 6.90. The van der Waals surface area contributed by atoms with Crippen LogP contribution in [0.15, 0.2) is 30.3 Å². The van der Waals surface area contributed by atoms with Gasteiger partial charge in [-0.05, 0) is 37.1 Å². The van der Waals surface area contributed by atoms with E-state index in [4.69, 9.17) is 30.5 Å². The molecule has 0 unspecified atom stereocenters. The normalized spacial score (nSPS) is 12.6. The summed E-state index contributed by atoms with van der Waals surface area (Å²) in [5.74, 6) is 0.729. The highest BCUT2D eigenvalue weighted by atomic mass is 35.5. The molecule has 0 atom stereocenters. The van der Waals surface area contributed by atoms with E-state index >= 15 is 0 Å². The Bertz CT molecular complexity index is 916. The number of esters is 1. The van der Waals surface area contributed by atoms with Crippen LogP contribution in [0, 0.1) is 17.0 Å². The maximum absolute atomic E-state index is 12.0. The molecule has 2 aromatic carbocycles. The van der Waals surface area contributed by atoms with Crippen molar-refractivity contribution in [2.75, 3.05) is 13.4 Å². The lowest BCUT2D eigenvalue weighted by Crippen LogP contribution is -2.15. The number of ether oxygens (including phenoxy) is 4. The van der Waals surface area contributed by atoms with Gasteiger partial charge < -0.3 is 18.9 Å². The molecule has 1 heterocycles. The Morgan fingerprint density at radius 2 is 2.14 bits per heavy atom. The second kappa shape index (κ2) is 9.58. The van der Waals surface area contributed by atoms with Crippen LogP contribution in [-0.2, 0) is 27.5 Å². The molecule has 29 heavy (non-hydrogen) atoms. The van der Waals surface area contributed by atoms with E-state index in [1.807, 2.05) is 13.0 Å². The van der Waals surface area contributed by atoms with Gasteiger partial charge in [-0.25, -0.2) is 0 Å². The lowest BCUT2D eigenvalue weighted by atomic mass is 10.1. The Morgan fingerprint density at radius 1 is 1.31 bits per heavy atom. The fourth-order valence-electron chi connectivity index (χ4n) is 2.84. The summed E-state index contributed by atoms with van der Waals surface area (Å²) >= 11 is 5.97. The summed E-state index contributed by atoms with van der Waals surface area (Å²) in [5.41, 5.74) is 1.81. The third-order valence-corrected chi connectivity index (χ3v) is 4.72. The number of carbonyl (C=O) groups is 1. The van der Waals surface area contributed by atoms with Crippen LogP contribution >= 0.6 is 11.6 Å². The molecular formula is C20H20ClNO7. The average molecular weight is 422 g/mol. The Morgan fingerprint density at radius 3 is 2.90 bits per heavy atom. The summed E-state index contributed by atoms with van der Waals surface area (Å²) in [4.78, 5) is 22.6.